The number of benzene rings is 1. The van der Waals surface area contributed by atoms with Gasteiger partial charge in [0.1, 0.15) is 5.78 Å². The lowest BCUT2D eigenvalue weighted by atomic mass is 9.87. The predicted octanol–water partition coefficient (Wildman–Crippen LogP) is 4.45. The maximum Gasteiger partial charge on any atom is 0.416 e. The molecule has 1 aromatic carbocycles. The smallest absolute Gasteiger partial charge is 0.342 e. The van der Waals surface area contributed by atoms with Crippen LogP contribution in [0, 0.1) is 11.3 Å². The van der Waals surface area contributed by atoms with Crippen LogP contribution in [0.5, 0.6) is 0 Å². The van der Waals surface area contributed by atoms with Gasteiger partial charge in [-0.2, -0.15) is 26.3 Å². The molecular formula is C21H26F6N2O2. The van der Waals surface area contributed by atoms with Gasteiger partial charge in [-0.15, -0.1) is 0 Å². The molecule has 1 aliphatic rings. The van der Waals surface area contributed by atoms with E-state index in [0.29, 0.717) is 38.1 Å². The Hall–Kier alpha value is -2.10. The molecule has 1 amide bonds. The zero-order valence-corrected chi connectivity index (χ0v) is 17.4. The Balaban J connectivity index is 2.02. The standard InChI is InChI=1S/C21H26F6N2O2/c1-19(2,12-28)18(31)29-5-3-13(4-6-29)9-17(30)10-14-7-15(20(22,23)24)11-16(8-14)21(25,26)27/h7-8,11,13H,3-6,9-10,12,28H2,1-2H3. The van der Waals surface area contributed by atoms with E-state index < -0.39 is 41.1 Å². The number of ketones is 1. The van der Waals surface area contributed by atoms with Crippen LogP contribution in [0.15, 0.2) is 18.2 Å². The Kier molecular flexibility index (Phi) is 7.45. The van der Waals surface area contributed by atoms with E-state index in [1.54, 1.807) is 18.7 Å². The molecule has 0 saturated carbocycles. The lowest BCUT2D eigenvalue weighted by molar-refractivity contribution is -0.143. The van der Waals surface area contributed by atoms with Crippen molar-refractivity contribution in [2.24, 2.45) is 17.1 Å². The van der Waals surface area contributed by atoms with Gasteiger partial charge in [0.05, 0.1) is 16.5 Å². The Morgan fingerprint density at radius 2 is 1.45 bits per heavy atom. The molecule has 4 nitrogen and oxygen atoms in total. The van der Waals surface area contributed by atoms with Crippen molar-refractivity contribution in [3.05, 3.63) is 34.9 Å². The van der Waals surface area contributed by atoms with Gasteiger partial charge in [0.2, 0.25) is 5.91 Å². The number of rotatable bonds is 6. The highest BCUT2D eigenvalue weighted by Crippen LogP contribution is 2.36. The Morgan fingerprint density at radius 3 is 1.87 bits per heavy atom. The molecule has 0 spiro atoms. The van der Waals surface area contributed by atoms with Gasteiger partial charge in [-0.1, -0.05) is 0 Å². The number of likely N-dealkylation sites (tertiary alicyclic amines) is 1. The van der Waals surface area contributed by atoms with E-state index in [4.69, 9.17) is 5.73 Å². The van der Waals surface area contributed by atoms with Gasteiger partial charge in [-0.05, 0) is 56.4 Å². The number of hydrogen-bond donors (Lipinski definition) is 1. The molecule has 1 saturated heterocycles. The topological polar surface area (TPSA) is 63.4 Å². The summed E-state index contributed by atoms with van der Waals surface area (Å²) in [5.41, 5.74) is 1.75. The number of Topliss-reactive ketones (excluding diaryl/α,β-unsaturated/α-hetero) is 1. The summed E-state index contributed by atoms with van der Waals surface area (Å²) in [5, 5.41) is 0. The summed E-state index contributed by atoms with van der Waals surface area (Å²) >= 11 is 0. The van der Waals surface area contributed by atoms with Gasteiger partial charge < -0.3 is 10.6 Å². The van der Waals surface area contributed by atoms with Crippen molar-refractivity contribution < 1.29 is 35.9 Å². The van der Waals surface area contributed by atoms with Crippen molar-refractivity contribution in [2.45, 2.75) is 51.9 Å². The number of piperidine rings is 1. The highest BCUT2D eigenvalue weighted by molar-refractivity contribution is 5.83. The average Bonchev–Trinajstić information content (AvgIpc) is 2.66. The lowest BCUT2D eigenvalue weighted by Gasteiger charge is -2.36. The summed E-state index contributed by atoms with van der Waals surface area (Å²) in [6.45, 7) is 4.55. The fraction of sp³-hybridized carbons (Fsp3) is 0.619. The first-order chi connectivity index (χ1) is 14.1. The number of halogens is 6. The zero-order chi connectivity index (χ0) is 23.6. The first kappa shape index (κ1) is 25.2. The third kappa shape index (κ3) is 6.69. The number of amides is 1. The Bertz CT molecular complexity index is 777. The largest absolute Gasteiger partial charge is 0.416 e. The molecular weight excluding hydrogens is 426 g/mol. The van der Waals surface area contributed by atoms with Crippen molar-refractivity contribution in [3.63, 3.8) is 0 Å². The van der Waals surface area contributed by atoms with E-state index in [2.05, 4.69) is 0 Å². The minimum absolute atomic E-state index is 0.0416. The van der Waals surface area contributed by atoms with Crippen molar-refractivity contribution in [2.75, 3.05) is 19.6 Å². The monoisotopic (exact) mass is 452 g/mol. The maximum atomic E-state index is 13.0. The summed E-state index contributed by atoms with van der Waals surface area (Å²) in [7, 11) is 0. The molecule has 0 unspecified atom stereocenters. The average molecular weight is 452 g/mol. The normalized spacial score (nSPS) is 16.5. The van der Waals surface area contributed by atoms with Gasteiger partial charge in [-0.25, -0.2) is 0 Å². The first-order valence-corrected chi connectivity index (χ1v) is 9.93. The van der Waals surface area contributed by atoms with Gasteiger partial charge in [0.25, 0.3) is 0 Å². The number of nitrogens with two attached hydrogens (primary N) is 1. The number of nitrogens with zero attached hydrogens (tertiary/aromatic N) is 1. The van der Waals surface area contributed by atoms with Crippen LogP contribution in [0.1, 0.15) is 49.8 Å². The second-order valence-electron chi connectivity index (χ2n) is 8.66. The van der Waals surface area contributed by atoms with E-state index in [-0.39, 0.29) is 36.4 Å². The molecule has 1 aromatic rings. The quantitative estimate of drug-likeness (QED) is 0.649. The van der Waals surface area contributed by atoms with E-state index >= 15 is 0 Å². The molecule has 31 heavy (non-hydrogen) atoms. The third-order valence-corrected chi connectivity index (χ3v) is 5.56. The van der Waals surface area contributed by atoms with Crippen LogP contribution in [0.4, 0.5) is 26.3 Å². The second-order valence-corrected chi connectivity index (χ2v) is 8.66. The van der Waals surface area contributed by atoms with Gasteiger partial charge in [-0.3, -0.25) is 9.59 Å². The van der Waals surface area contributed by atoms with Crippen molar-refractivity contribution in [1.29, 1.82) is 0 Å². The SMILES string of the molecule is CC(C)(CN)C(=O)N1CCC(CC(=O)Cc2cc(C(F)(F)F)cc(C(F)(F)F)c2)CC1. The Labute approximate surface area is 176 Å². The van der Waals surface area contributed by atoms with Crippen LogP contribution in [-0.2, 0) is 28.4 Å². The summed E-state index contributed by atoms with van der Waals surface area (Å²) in [6.07, 6.45) is -9.29. The van der Waals surface area contributed by atoms with Crippen LogP contribution in [0.3, 0.4) is 0 Å². The number of carbonyl (C=O) groups excluding carboxylic acids is 2. The molecule has 0 radical (unpaired) electrons. The molecule has 2 rings (SSSR count). The highest BCUT2D eigenvalue weighted by Gasteiger charge is 2.37. The fourth-order valence-corrected chi connectivity index (χ4v) is 3.60. The third-order valence-electron chi connectivity index (χ3n) is 5.56. The van der Waals surface area contributed by atoms with Crippen LogP contribution >= 0.6 is 0 Å². The fourth-order valence-electron chi connectivity index (χ4n) is 3.60. The molecule has 1 fully saturated rings. The van der Waals surface area contributed by atoms with Crippen molar-refractivity contribution >= 4 is 11.7 Å². The van der Waals surface area contributed by atoms with Crippen LogP contribution in [0.2, 0.25) is 0 Å². The van der Waals surface area contributed by atoms with E-state index in [1.165, 1.54) is 0 Å². The number of alkyl halides is 6. The summed E-state index contributed by atoms with van der Waals surface area (Å²) in [4.78, 5) is 26.5. The highest BCUT2D eigenvalue weighted by atomic mass is 19.4. The molecule has 0 atom stereocenters. The molecule has 0 bridgehead atoms. The molecule has 174 valence electrons. The molecule has 1 aliphatic heterocycles. The zero-order valence-electron chi connectivity index (χ0n) is 17.4. The minimum Gasteiger partial charge on any atom is -0.342 e. The maximum absolute atomic E-state index is 13.0. The second kappa shape index (κ2) is 9.18. The van der Waals surface area contributed by atoms with E-state index in [1.807, 2.05) is 0 Å². The van der Waals surface area contributed by atoms with Crippen molar-refractivity contribution in [1.82, 2.24) is 4.90 Å². The molecule has 0 aromatic heterocycles. The van der Waals surface area contributed by atoms with Crippen LogP contribution in [-0.4, -0.2) is 36.2 Å². The van der Waals surface area contributed by atoms with Gasteiger partial charge in [0, 0.05) is 32.5 Å². The summed E-state index contributed by atoms with van der Waals surface area (Å²) < 4.78 is 77.8. The summed E-state index contributed by atoms with van der Waals surface area (Å²) in [6, 6.07) is 1.22. The molecule has 0 aliphatic carbocycles. The van der Waals surface area contributed by atoms with Crippen LogP contribution in [0.25, 0.3) is 0 Å². The number of hydrogen-bond acceptors (Lipinski definition) is 3. The number of carbonyl (C=O) groups is 2. The van der Waals surface area contributed by atoms with Crippen LogP contribution < -0.4 is 5.73 Å². The van der Waals surface area contributed by atoms with Gasteiger partial charge in [0.15, 0.2) is 0 Å². The van der Waals surface area contributed by atoms with Gasteiger partial charge >= 0.3 is 12.4 Å². The summed E-state index contributed by atoms with van der Waals surface area (Å²) in [5.74, 6) is -0.589. The lowest BCUT2D eigenvalue weighted by Crippen LogP contribution is -2.47. The predicted molar refractivity (Wildman–Crippen MR) is 102 cm³/mol. The molecule has 2 N–H and O–H groups in total. The first-order valence-electron chi connectivity index (χ1n) is 9.93. The molecule has 1 heterocycles. The Morgan fingerprint density at radius 1 is 0.968 bits per heavy atom. The molecule has 10 heteroatoms. The minimum atomic E-state index is -4.95. The van der Waals surface area contributed by atoms with E-state index in [9.17, 15) is 35.9 Å². The van der Waals surface area contributed by atoms with Crippen molar-refractivity contribution in [3.8, 4) is 0 Å². The van der Waals surface area contributed by atoms with E-state index in [0.717, 1.165) is 0 Å².